The summed E-state index contributed by atoms with van der Waals surface area (Å²) in [5, 5.41) is 4.41. The van der Waals surface area contributed by atoms with Crippen LogP contribution in [0.2, 0.25) is 0 Å². The summed E-state index contributed by atoms with van der Waals surface area (Å²) < 4.78 is 4.61. The molecule has 0 saturated carbocycles. The molecule has 2 aromatic carbocycles. The Hall–Kier alpha value is -2.69. The number of ether oxygens (including phenoxy) is 1. The molecule has 114 valence electrons. The molecule has 1 N–H and O–H groups in total. The van der Waals surface area contributed by atoms with E-state index < -0.39 is 12.0 Å². The molecule has 22 heavy (non-hydrogen) atoms. The number of carbonyl (C=O) groups is 3. The number of ketones is 1. The molecule has 5 nitrogen and oxygen atoms in total. The van der Waals surface area contributed by atoms with Crippen molar-refractivity contribution in [2.45, 2.75) is 19.4 Å². The fourth-order valence-electron chi connectivity index (χ4n) is 2.25. The largest absolute Gasteiger partial charge is 0.467 e. The van der Waals surface area contributed by atoms with Gasteiger partial charge in [0.05, 0.1) is 7.11 Å². The van der Waals surface area contributed by atoms with E-state index in [9.17, 15) is 14.4 Å². The lowest BCUT2D eigenvalue weighted by molar-refractivity contribution is -0.144. The van der Waals surface area contributed by atoms with Crippen molar-refractivity contribution in [3.05, 3.63) is 48.0 Å². The van der Waals surface area contributed by atoms with Gasteiger partial charge in [-0.1, -0.05) is 36.4 Å². The number of esters is 1. The fraction of sp³-hybridized carbons (Fsp3) is 0.235. The number of benzene rings is 2. The number of fused-ring (bicyclic) bond motifs is 1. The van der Waals surface area contributed by atoms with Gasteiger partial charge in [0, 0.05) is 18.9 Å². The second kappa shape index (κ2) is 6.85. The molecule has 1 amide bonds. The average Bonchev–Trinajstić information content (AvgIpc) is 2.52. The zero-order valence-electron chi connectivity index (χ0n) is 12.5. The molecule has 0 bridgehead atoms. The van der Waals surface area contributed by atoms with Gasteiger partial charge < -0.3 is 10.1 Å². The molecule has 0 saturated heterocycles. The minimum absolute atomic E-state index is 0.134. The SMILES string of the molecule is COC(=O)[C@H](CC(=O)c1ccc2ccccc2c1)NC(C)=O. The Kier molecular flexibility index (Phi) is 4.88. The molecule has 0 fully saturated rings. The maximum absolute atomic E-state index is 12.3. The highest BCUT2D eigenvalue weighted by Crippen LogP contribution is 2.17. The van der Waals surface area contributed by atoms with Gasteiger partial charge in [-0.25, -0.2) is 4.79 Å². The monoisotopic (exact) mass is 299 g/mol. The van der Waals surface area contributed by atoms with Crippen LogP contribution >= 0.6 is 0 Å². The summed E-state index contributed by atoms with van der Waals surface area (Å²) in [4.78, 5) is 35.1. The van der Waals surface area contributed by atoms with Crippen molar-refractivity contribution >= 4 is 28.4 Å². The summed E-state index contributed by atoms with van der Waals surface area (Å²) in [6.45, 7) is 1.29. The molecule has 0 unspecified atom stereocenters. The molecule has 1 atom stereocenters. The molecular weight excluding hydrogens is 282 g/mol. The quantitative estimate of drug-likeness (QED) is 0.678. The topological polar surface area (TPSA) is 72.5 Å². The molecule has 0 aliphatic carbocycles. The first-order chi connectivity index (χ1) is 10.5. The third kappa shape index (κ3) is 3.69. The van der Waals surface area contributed by atoms with Crippen molar-refractivity contribution in [1.29, 1.82) is 0 Å². The summed E-state index contributed by atoms with van der Waals surface area (Å²) in [5.74, 6) is -1.25. The second-order valence-corrected chi connectivity index (χ2v) is 4.97. The van der Waals surface area contributed by atoms with E-state index in [4.69, 9.17) is 0 Å². The lowest BCUT2D eigenvalue weighted by Gasteiger charge is -2.14. The maximum atomic E-state index is 12.3. The standard InChI is InChI=1S/C17H17NO4/c1-11(19)18-15(17(21)22-2)10-16(20)14-8-7-12-5-3-4-6-13(12)9-14/h3-9,15H,10H2,1-2H3,(H,18,19)/t15-/m0/s1. The number of nitrogens with one attached hydrogen (secondary N) is 1. The Morgan fingerprint density at radius 3 is 2.41 bits per heavy atom. The van der Waals surface area contributed by atoms with Crippen LogP contribution in [0.5, 0.6) is 0 Å². The van der Waals surface area contributed by atoms with Crippen LogP contribution in [0.1, 0.15) is 23.7 Å². The number of hydrogen-bond donors (Lipinski definition) is 1. The van der Waals surface area contributed by atoms with Crippen LogP contribution in [0.4, 0.5) is 0 Å². The highest BCUT2D eigenvalue weighted by atomic mass is 16.5. The number of carbonyl (C=O) groups excluding carboxylic acids is 3. The first-order valence-electron chi connectivity index (χ1n) is 6.88. The minimum atomic E-state index is -0.971. The van der Waals surface area contributed by atoms with E-state index >= 15 is 0 Å². The summed E-state index contributed by atoms with van der Waals surface area (Å²) in [6, 6.07) is 12.1. The molecule has 2 rings (SSSR count). The molecule has 5 heteroatoms. The van der Waals surface area contributed by atoms with Crippen molar-refractivity contribution in [2.75, 3.05) is 7.11 Å². The number of methoxy groups -OCH3 is 1. The smallest absolute Gasteiger partial charge is 0.328 e. The predicted octanol–water partition coefficient (Wildman–Crippen LogP) is 2.09. The first kappa shape index (κ1) is 15.7. The summed E-state index contributed by atoms with van der Waals surface area (Å²) in [7, 11) is 1.22. The highest BCUT2D eigenvalue weighted by molar-refractivity contribution is 6.02. The van der Waals surface area contributed by atoms with E-state index in [-0.39, 0.29) is 18.1 Å². The zero-order valence-corrected chi connectivity index (χ0v) is 12.5. The zero-order chi connectivity index (χ0) is 16.1. The van der Waals surface area contributed by atoms with Gasteiger partial charge in [-0.05, 0) is 16.8 Å². The number of Topliss-reactive ketones (excluding diaryl/α,β-unsaturated/α-hetero) is 1. The normalized spacial score (nSPS) is 11.7. The van der Waals surface area contributed by atoms with E-state index in [1.165, 1.54) is 14.0 Å². The van der Waals surface area contributed by atoms with Crippen molar-refractivity contribution in [2.24, 2.45) is 0 Å². The third-order valence-corrected chi connectivity index (χ3v) is 3.32. The molecular formula is C17H17NO4. The maximum Gasteiger partial charge on any atom is 0.328 e. The van der Waals surface area contributed by atoms with Crippen LogP contribution in [-0.4, -0.2) is 30.8 Å². The van der Waals surface area contributed by atoms with Crippen LogP contribution in [0.15, 0.2) is 42.5 Å². The average molecular weight is 299 g/mol. The lowest BCUT2D eigenvalue weighted by Crippen LogP contribution is -2.41. The summed E-state index contributed by atoms with van der Waals surface area (Å²) in [5.41, 5.74) is 0.498. The van der Waals surface area contributed by atoms with Crippen molar-refractivity contribution in [3.8, 4) is 0 Å². The molecule has 0 aliphatic rings. The van der Waals surface area contributed by atoms with Crippen LogP contribution in [0.25, 0.3) is 10.8 Å². The summed E-state index contributed by atoms with van der Waals surface area (Å²) in [6.07, 6.45) is -0.134. The van der Waals surface area contributed by atoms with Crippen LogP contribution in [-0.2, 0) is 14.3 Å². The Balaban J connectivity index is 2.20. The molecule has 0 aliphatic heterocycles. The Morgan fingerprint density at radius 1 is 1.09 bits per heavy atom. The molecule has 2 aromatic rings. The fourth-order valence-corrected chi connectivity index (χ4v) is 2.25. The first-order valence-corrected chi connectivity index (χ1v) is 6.88. The van der Waals surface area contributed by atoms with Crippen molar-refractivity contribution < 1.29 is 19.1 Å². The third-order valence-electron chi connectivity index (χ3n) is 3.32. The number of amides is 1. The van der Waals surface area contributed by atoms with Gasteiger partial charge in [0.2, 0.25) is 5.91 Å². The summed E-state index contributed by atoms with van der Waals surface area (Å²) >= 11 is 0. The van der Waals surface area contributed by atoms with E-state index in [2.05, 4.69) is 10.1 Å². The van der Waals surface area contributed by atoms with Gasteiger partial charge in [-0.2, -0.15) is 0 Å². The van der Waals surface area contributed by atoms with E-state index in [0.29, 0.717) is 5.56 Å². The Labute approximate surface area is 128 Å². The van der Waals surface area contributed by atoms with Crippen LogP contribution < -0.4 is 5.32 Å². The predicted molar refractivity (Wildman–Crippen MR) is 82.5 cm³/mol. The Morgan fingerprint density at radius 2 is 1.77 bits per heavy atom. The Bertz CT molecular complexity index is 723. The highest BCUT2D eigenvalue weighted by Gasteiger charge is 2.24. The number of hydrogen-bond acceptors (Lipinski definition) is 4. The van der Waals surface area contributed by atoms with E-state index in [1.54, 1.807) is 12.1 Å². The number of rotatable bonds is 5. The second-order valence-electron chi connectivity index (χ2n) is 4.97. The molecule has 0 heterocycles. The van der Waals surface area contributed by atoms with Gasteiger partial charge in [0.15, 0.2) is 5.78 Å². The molecule has 0 radical (unpaired) electrons. The minimum Gasteiger partial charge on any atom is -0.467 e. The van der Waals surface area contributed by atoms with Crippen LogP contribution in [0.3, 0.4) is 0 Å². The van der Waals surface area contributed by atoms with Gasteiger partial charge in [-0.3, -0.25) is 9.59 Å². The molecule has 0 spiro atoms. The van der Waals surface area contributed by atoms with Gasteiger partial charge >= 0.3 is 5.97 Å². The van der Waals surface area contributed by atoms with Gasteiger partial charge in [0.25, 0.3) is 0 Å². The van der Waals surface area contributed by atoms with E-state index in [0.717, 1.165) is 10.8 Å². The van der Waals surface area contributed by atoms with Gasteiger partial charge in [0.1, 0.15) is 6.04 Å². The lowest BCUT2D eigenvalue weighted by atomic mass is 10.0. The van der Waals surface area contributed by atoms with Gasteiger partial charge in [-0.15, -0.1) is 0 Å². The molecule has 0 aromatic heterocycles. The van der Waals surface area contributed by atoms with Crippen LogP contribution in [0, 0.1) is 0 Å². The van der Waals surface area contributed by atoms with Crippen molar-refractivity contribution in [3.63, 3.8) is 0 Å². The van der Waals surface area contributed by atoms with Crippen molar-refractivity contribution in [1.82, 2.24) is 5.32 Å². The van der Waals surface area contributed by atoms with E-state index in [1.807, 2.05) is 30.3 Å².